The van der Waals surface area contributed by atoms with Gasteiger partial charge in [0.1, 0.15) is 5.58 Å². The van der Waals surface area contributed by atoms with Gasteiger partial charge in [0.05, 0.1) is 34.1 Å². The summed E-state index contributed by atoms with van der Waals surface area (Å²) in [7, 11) is 0. The Morgan fingerprint density at radius 2 is 1.31 bits per heavy atom. The van der Waals surface area contributed by atoms with Crippen molar-refractivity contribution in [2.24, 2.45) is 0 Å². The predicted octanol–water partition coefficient (Wildman–Crippen LogP) is 14.4. The molecule has 3 aromatic heterocycles. The van der Waals surface area contributed by atoms with E-state index in [-0.39, 0.29) is 31.9 Å². The molecule has 0 unspecified atom stereocenters. The zero-order chi connectivity index (χ0) is 41.2. The normalized spacial score (nSPS) is 11.1. The molecule has 0 amide bonds. The topological polar surface area (TPSA) is 67.6 Å². The molecule has 6 heteroatoms. The second-order valence-corrected chi connectivity index (χ2v) is 15.5. The van der Waals surface area contributed by atoms with Crippen LogP contribution in [0.25, 0.3) is 83.6 Å². The van der Waals surface area contributed by atoms with Crippen LogP contribution in [0.4, 0.5) is 0 Å². The van der Waals surface area contributed by atoms with Crippen LogP contribution in [0.3, 0.4) is 0 Å². The quantitative estimate of drug-likeness (QED) is 0.149. The van der Waals surface area contributed by atoms with Crippen LogP contribution < -0.4 is 0 Å². The minimum atomic E-state index is 0. The molecule has 0 N–H and O–H groups in total. The van der Waals surface area contributed by atoms with Gasteiger partial charge in [-0.25, -0.2) is 0 Å². The molecule has 10 aromatic rings. The van der Waals surface area contributed by atoms with Crippen molar-refractivity contribution in [3.05, 3.63) is 199 Å². The van der Waals surface area contributed by atoms with Crippen molar-refractivity contribution < 1.29 is 24.5 Å². The number of rotatable bonds is 7. The standard InChI is InChI=1S/C44H34N3O.C11H8N.Ir/c1-27(2)35-22-31(29-14-7-5-8-15-29)23-36(28(3)4)42(35)47-40-21-12-11-20-39(40)46-44(47)34-19-13-18-33-38-24-32(26-45)37(25-41(38)48-43(33)34)30-16-9-6-10-17-30;1-2-6-10(7-3-1)11-8-4-5-9-12-11;/h5-18,20-25,27-28H,1-4H3;1-6,8-9H;/q2*-1;. The van der Waals surface area contributed by atoms with E-state index in [0.29, 0.717) is 11.1 Å². The SMILES string of the molecule is CC(C)c1cc(-c2ccccc2)cc(C(C)C)c1-n1c(-c2[c-]ccc3c2oc2cc(-c4ccccc4)c(C#N)cc23)nc2ccccc21.[Ir].[c-]1ccccc1-c1ccccn1. The van der Waals surface area contributed by atoms with Crippen LogP contribution >= 0.6 is 0 Å². The van der Waals surface area contributed by atoms with Crippen molar-refractivity contribution in [1.29, 1.82) is 5.26 Å². The molecule has 10 rings (SSSR count). The van der Waals surface area contributed by atoms with Crippen molar-refractivity contribution in [3.8, 4) is 56.7 Å². The number of nitrogens with zero attached hydrogens (tertiary/aromatic N) is 4. The Hall–Kier alpha value is -6.90. The van der Waals surface area contributed by atoms with E-state index in [1.165, 1.54) is 22.3 Å². The summed E-state index contributed by atoms with van der Waals surface area (Å²) in [5.41, 5.74) is 14.7. The van der Waals surface area contributed by atoms with Crippen molar-refractivity contribution in [2.75, 3.05) is 0 Å². The number of fused-ring (bicyclic) bond motifs is 4. The molecule has 0 atom stereocenters. The Labute approximate surface area is 370 Å². The summed E-state index contributed by atoms with van der Waals surface area (Å²) in [6.45, 7) is 9.05. The number of pyridine rings is 1. The van der Waals surface area contributed by atoms with E-state index < -0.39 is 0 Å². The molecule has 0 aliphatic rings. The van der Waals surface area contributed by atoms with Gasteiger partial charge >= 0.3 is 0 Å². The van der Waals surface area contributed by atoms with Crippen molar-refractivity contribution in [1.82, 2.24) is 14.5 Å². The molecule has 0 fully saturated rings. The van der Waals surface area contributed by atoms with Crippen molar-refractivity contribution in [2.45, 2.75) is 39.5 Å². The van der Waals surface area contributed by atoms with Gasteiger partial charge in [-0.2, -0.15) is 5.26 Å². The minimum Gasteiger partial charge on any atom is -0.501 e. The van der Waals surface area contributed by atoms with Crippen LogP contribution in [-0.4, -0.2) is 14.5 Å². The maximum absolute atomic E-state index is 10.2. The third-order valence-electron chi connectivity index (χ3n) is 11.0. The molecule has 1 radical (unpaired) electrons. The Kier molecular flexibility index (Phi) is 11.9. The summed E-state index contributed by atoms with van der Waals surface area (Å²) < 4.78 is 9.05. The van der Waals surface area contributed by atoms with Gasteiger partial charge in [-0.1, -0.05) is 124 Å². The molecule has 299 valence electrons. The number of hydrogen-bond donors (Lipinski definition) is 0. The van der Waals surface area contributed by atoms with Gasteiger partial charge in [-0.05, 0) is 87.8 Å². The van der Waals surface area contributed by atoms with Gasteiger partial charge in [-0.3, -0.25) is 4.98 Å². The molecule has 61 heavy (non-hydrogen) atoms. The first-order chi connectivity index (χ1) is 29.4. The van der Waals surface area contributed by atoms with Gasteiger partial charge in [0.15, 0.2) is 0 Å². The fourth-order valence-electron chi connectivity index (χ4n) is 8.01. The Balaban J connectivity index is 0.000000340. The van der Waals surface area contributed by atoms with Gasteiger partial charge in [0.25, 0.3) is 0 Å². The Bertz CT molecular complexity index is 3080. The Morgan fingerprint density at radius 1 is 0.639 bits per heavy atom. The molecular formula is C55H42IrN4O-2. The van der Waals surface area contributed by atoms with Crippen LogP contribution in [-0.2, 0) is 20.1 Å². The molecule has 0 spiro atoms. The minimum absolute atomic E-state index is 0. The van der Waals surface area contributed by atoms with Gasteiger partial charge in [0.2, 0.25) is 0 Å². The fourth-order valence-corrected chi connectivity index (χ4v) is 8.01. The third kappa shape index (κ3) is 7.95. The zero-order valence-electron chi connectivity index (χ0n) is 34.4. The van der Waals surface area contributed by atoms with E-state index in [2.05, 4.69) is 116 Å². The molecule has 3 heterocycles. The van der Waals surface area contributed by atoms with Crippen LogP contribution in [0, 0.1) is 23.5 Å². The number of aromatic nitrogens is 3. The first kappa shape index (κ1) is 40.9. The zero-order valence-corrected chi connectivity index (χ0v) is 36.7. The molecule has 0 saturated carbocycles. The van der Waals surface area contributed by atoms with E-state index in [1.807, 2.05) is 103 Å². The van der Waals surface area contributed by atoms with Gasteiger partial charge in [0, 0.05) is 42.9 Å². The molecular weight excluding hydrogens is 925 g/mol. The average Bonchev–Trinajstić information content (AvgIpc) is 3.87. The van der Waals surface area contributed by atoms with Crippen LogP contribution in [0.15, 0.2) is 174 Å². The number of nitriles is 1. The summed E-state index contributed by atoms with van der Waals surface area (Å²) in [5.74, 6) is 1.28. The van der Waals surface area contributed by atoms with E-state index >= 15 is 0 Å². The van der Waals surface area contributed by atoms with Crippen LogP contribution in [0.1, 0.15) is 56.2 Å². The van der Waals surface area contributed by atoms with Gasteiger partial charge in [-0.15, -0.1) is 54.1 Å². The van der Waals surface area contributed by atoms with Gasteiger partial charge < -0.3 is 14.0 Å². The first-order valence-electron chi connectivity index (χ1n) is 20.4. The fraction of sp³-hybridized carbons (Fsp3) is 0.109. The molecule has 5 nitrogen and oxygen atoms in total. The number of imidazole rings is 1. The second-order valence-electron chi connectivity index (χ2n) is 15.5. The van der Waals surface area contributed by atoms with Crippen molar-refractivity contribution in [3.63, 3.8) is 0 Å². The third-order valence-corrected chi connectivity index (χ3v) is 11.0. The molecule has 0 saturated heterocycles. The molecule has 0 bridgehead atoms. The summed E-state index contributed by atoms with van der Waals surface area (Å²) >= 11 is 0. The maximum atomic E-state index is 10.2. The number of furan rings is 1. The Morgan fingerprint density at radius 3 is 1.97 bits per heavy atom. The van der Waals surface area contributed by atoms with E-state index in [0.717, 1.165) is 66.8 Å². The van der Waals surface area contributed by atoms with E-state index in [1.54, 1.807) is 6.20 Å². The monoisotopic (exact) mass is 967 g/mol. The van der Waals surface area contributed by atoms with E-state index in [4.69, 9.17) is 9.40 Å². The summed E-state index contributed by atoms with van der Waals surface area (Å²) in [5, 5.41) is 12.0. The number of para-hydroxylation sites is 2. The first-order valence-corrected chi connectivity index (χ1v) is 20.4. The second kappa shape index (κ2) is 17.8. The molecule has 7 aromatic carbocycles. The summed E-state index contributed by atoms with van der Waals surface area (Å²) in [6.07, 6.45) is 1.79. The van der Waals surface area contributed by atoms with Crippen LogP contribution in [0.5, 0.6) is 0 Å². The predicted molar refractivity (Wildman–Crippen MR) is 245 cm³/mol. The molecule has 0 aliphatic carbocycles. The average molecular weight is 967 g/mol. The summed E-state index contributed by atoms with van der Waals surface area (Å²) in [4.78, 5) is 9.50. The summed E-state index contributed by atoms with van der Waals surface area (Å²) in [6, 6.07) is 64.3. The number of hydrogen-bond acceptors (Lipinski definition) is 4. The largest absolute Gasteiger partial charge is 0.501 e. The van der Waals surface area contributed by atoms with E-state index in [9.17, 15) is 5.26 Å². The smallest absolute Gasteiger partial charge is 0.121 e. The molecule has 0 aliphatic heterocycles. The number of benzene rings is 7. The van der Waals surface area contributed by atoms with Crippen molar-refractivity contribution >= 4 is 33.0 Å². The maximum Gasteiger partial charge on any atom is 0.121 e. The van der Waals surface area contributed by atoms with Crippen LogP contribution in [0.2, 0.25) is 0 Å².